The van der Waals surface area contributed by atoms with E-state index in [0.29, 0.717) is 10.6 Å². The van der Waals surface area contributed by atoms with Crippen molar-refractivity contribution in [2.24, 2.45) is 0 Å². The maximum absolute atomic E-state index is 12.2. The Labute approximate surface area is 91.0 Å². The molecule has 1 aliphatic carbocycles. The summed E-state index contributed by atoms with van der Waals surface area (Å²) in [6, 6.07) is 9.13. The minimum atomic E-state index is -2.61. The first-order valence-corrected chi connectivity index (χ1v) is 6.91. The van der Waals surface area contributed by atoms with E-state index >= 15 is 0 Å². The predicted octanol–water partition coefficient (Wildman–Crippen LogP) is 3.20. The van der Waals surface area contributed by atoms with Crippen LogP contribution in [0.4, 0.5) is 0 Å². The molecule has 1 atom stereocenters. The highest BCUT2D eigenvalue weighted by Gasteiger charge is 2.14. The van der Waals surface area contributed by atoms with Crippen LogP contribution < -0.4 is 0 Å². The lowest BCUT2D eigenvalue weighted by atomic mass is 10.3. The van der Waals surface area contributed by atoms with Gasteiger partial charge in [0.1, 0.15) is 0 Å². The number of benzene rings is 1. The van der Waals surface area contributed by atoms with Crippen molar-refractivity contribution >= 4 is 9.73 Å². The summed E-state index contributed by atoms with van der Waals surface area (Å²) in [4.78, 5) is 0.651. The number of hydrogen-bond donors (Lipinski definition) is 1. The van der Waals surface area contributed by atoms with Gasteiger partial charge in [0.25, 0.3) is 0 Å². The third kappa shape index (κ3) is 2.48. The van der Waals surface area contributed by atoms with Gasteiger partial charge in [0.2, 0.25) is 0 Å². The average Bonchev–Trinajstić information content (AvgIpc) is 2.71. The SMILES string of the molecule is N=S(=O)(CC1=CCCC1)c1ccccc1. The zero-order chi connectivity index (χ0) is 10.7. The molecule has 1 aliphatic rings. The summed E-state index contributed by atoms with van der Waals surface area (Å²) < 4.78 is 20.1. The van der Waals surface area contributed by atoms with Crippen molar-refractivity contribution in [2.45, 2.75) is 24.2 Å². The largest absolute Gasteiger partial charge is 0.249 e. The van der Waals surface area contributed by atoms with Crippen LogP contribution in [0, 0.1) is 4.78 Å². The molecular weight excluding hydrogens is 206 g/mol. The summed E-state index contributed by atoms with van der Waals surface area (Å²) in [5, 5.41) is 0. The number of allylic oxidation sites excluding steroid dienone is 1. The molecule has 0 radical (unpaired) electrons. The van der Waals surface area contributed by atoms with Crippen molar-refractivity contribution in [1.29, 1.82) is 4.78 Å². The van der Waals surface area contributed by atoms with E-state index in [4.69, 9.17) is 4.78 Å². The lowest BCUT2D eigenvalue weighted by molar-refractivity contribution is 0.675. The van der Waals surface area contributed by atoms with Gasteiger partial charge < -0.3 is 0 Å². The fraction of sp³-hybridized carbons (Fsp3) is 0.333. The third-order valence-corrected chi connectivity index (χ3v) is 4.46. The van der Waals surface area contributed by atoms with Crippen LogP contribution in [0.3, 0.4) is 0 Å². The van der Waals surface area contributed by atoms with Crippen LogP contribution in [0.25, 0.3) is 0 Å². The number of nitrogens with one attached hydrogen (secondary N) is 1. The van der Waals surface area contributed by atoms with E-state index in [2.05, 4.69) is 6.08 Å². The second-order valence-electron chi connectivity index (χ2n) is 3.89. The average molecular weight is 221 g/mol. The minimum absolute atomic E-state index is 0.414. The van der Waals surface area contributed by atoms with E-state index in [1.54, 1.807) is 12.1 Å². The van der Waals surface area contributed by atoms with Gasteiger partial charge in [-0.25, -0.2) is 8.99 Å². The van der Waals surface area contributed by atoms with E-state index in [-0.39, 0.29) is 0 Å². The maximum atomic E-state index is 12.2. The van der Waals surface area contributed by atoms with Gasteiger partial charge in [-0.2, -0.15) is 0 Å². The molecule has 1 aromatic rings. The van der Waals surface area contributed by atoms with Crippen molar-refractivity contribution in [1.82, 2.24) is 0 Å². The van der Waals surface area contributed by atoms with Crippen LogP contribution in [0.5, 0.6) is 0 Å². The monoisotopic (exact) mass is 221 g/mol. The summed E-state index contributed by atoms with van der Waals surface area (Å²) in [6.07, 6.45) is 5.39. The summed E-state index contributed by atoms with van der Waals surface area (Å²) >= 11 is 0. The fourth-order valence-corrected chi connectivity index (χ4v) is 3.40. The smallest absolute Gasteiger partial charge is 0.0764 e. The van der Waals surface area contributed by atoms with Gasteiger partial charge in [-0.1, -0.05) is 29.8 Å². The molecule has 0 fully saturated rings. The summed E-state index contributed by atoms with van der Waals surface area (Å²) in [5.74, 6) is 0.414. The zero-order valence-corrected chi connectivity index (χ0v) is 9.43. The molecule has 1 unspecified atom stereocenters. The summed E-state index contributed by atoms with van der Waals surface area (Å²) in [7, 11) is -2.61. The van der Waals surface area contributed by atoms with E-state index in [1.807, 2.05) is 18.2 Å². The Balaban J connectivity index is 2.21. The van der Waals surface area contributed by atoms with Crippen molar-refractivity contribution in [3.05, 3.63) is 42.0 Å². The van der Waals surface area contributed by atoms with Gasteiger partial charge in [-0.15, -0.1) is 0 Å². The second-order valence-corrected chi connectivity index (χ2v) is 6.00. The molecule has 0 amide bonds. The maximum Gasteiger partial charge on any atom is 0.0764 e. The molecule has 0 bridgehead atoms. The molecule has 0 aliphatic heterocycles. The predicted molar refractivity (Wildman–Crippen MR) is 62.4 cm³/mol. The van der Waals surface area contributed by atoms with Crippen LogP contribution in [-0.4, -0.2) is 9.96 Å². The zero-order valence-electron chi connectivity index (χ0n) is 8.61. The molecule has 0 saturated carbocycles. The van der Waals surface area contributed by atoms with Gasteiger partial charge >= 0.3 is 0 Å². The second kappa shape index (κ2) is 4.19. The molecule has 3 heteroatoms. The van der Waals surface area contributed by atoms with Crippen molar-refractivity contribution < 1.29 is 4.21 Å². The Morgan fingerprint density at radius 3 is 2.60 bits per heavy atom. The Bertz CT molecular complexity index is 460. The molecule has 2 nitrogen and oxygen atoms in total. The highest BCUT2D eigenvalue weighted by molar-refractivity contribution is 7.92. The first-order chi connectivity index (χ1) is 7.18. The summed E-state index contributed by atoms with van der Waals surface area (Å²) in [6.45, 7) is 0. The minimum Gasteiger partial charge on any atom is -0.249 e. The quantitative estimate of drug-likeness (QED) is 0.782. The highest BCUT2D eigenvalue weighted by Crippen LogP contribution is 2.22. The van der Waals surface area contributed by atoms with Crippen molar-refractivity contribution in [2.75, 3.05) is 5.75 Å². The van der Waals surface area contributed by atoms with Crippen LogP contribution in [0.2, 0.25) is 0 Å². The molecule has 1 aromatic carbocycles. The molecule has 0 heterocycles. The normalized spacial score (nSPS) is 19.6. The fourth-order valence-electron chi connectivity index (χ4n) is 1.85. The number of hydrogen-bond acceptors (Lipinski definition) is 2. The lowest BCUT2D eigenvalue weighted by Crippen LogP contribution is -2.06. The van der Waals surface area contributed by atoms with E-state index in [1.165, 1.54) is 5.57 Å². The Kier molecular flexibility index (Phi) is 2.91. The van der Waals surface area contributed by atoms with Crippen LogP contribution >= 0.6 is 0 Å². The van der Waals surface area contributed by atoms with Gasteiger partial charge in [-0.3, -0.25) is 0 Å². The Hall–Kier alpha value is -1.09. The Morgan fingerprint density at radius 2 is 2.00 bits per heavy atom. The first kappa shape index (κ1) is 10.4. The standard InChI is InChI=1S/C12H15NOS/c13-15(14,10-11-6-4-5-7-11)12-8-2-1-3-9-12/h1-3,6,8-9,13H,4-5,7,10H2. The van der Waals surface area contributed by atoms with Gasteiger partial charge in [0.15, 0.2) is 0 Å². The molecule has 1 N–H and O–H groups in total. The summed E-state index contributed by atoms with van der Waals surface area (Å²) in [5.41, 5.74) is 1.19. The Morgan fingerprint density at radius 1 is 1.27 bits per heavy atom. The van der Waals surface area contributed by atoms with Gasteiger partial charge in [-0.05, 0) is 31.4 Å². The van der Waals surface area contributed by atoms with Crippen molar-refractivity contribution in [3.8, 4) is 0 Å². The van der Waals surface area contributed by atoms with Crippen molar-refractivity contribution in [3.63, 3.8) is 0 Å². The van der Waals surface area contributed by atoms with Crippen LogP contribution in [-0.2, 0) is 9.73 Å². The topological polar surface area (TPSA) is 40.9 Å². The molecule has 0 aromatic heterocycles. The van der Waals surface area contributed by atoms with E-state index in [0.717, 1.165) is 19.3 Å². The highest BCUT2D eigenvalue weighted by atomic mass is 32.2. The molecule has 80 valence electrons. The van der Waals surface area contributed by atoms with Crippen LogP contribution in [0.1, 0.15) is 19.3 Å². The van der Waals surface area contributed by atoms with E-state index in [9.17, 15) is 4.21 Å². The van der Waals surface area contributed by atoms with Gasteiger partial charge in [0.05, 0.1) is 15.5 Å². The lowest BCUT2D eigenvalue weighted by Gasteiger charge is -2.07. The number of rotatable bonds is 3. The molecular formula is C12H15NOS. The molecule has 2 rings (SSSR count). The molecule has 0 spiro atoms. The van der Waals surface area contributed by atoms with Crippen LogP contribution in [0.15, 0.2) is 46.9 Å². The van der Waals surface area contributed by atoms with Gasteiger partial charge in [0, 0.05) is 4.90 Å². The molecule has 15 heavy (non-hydrogen) atoms. The first-order valence-electron chi connectivity index (χ1n) is 5.18. The van der Waals surface area contributed by atoms with E-state index < -0.39 is 9.73 Å². The molecule has 0 saturated heterocycles. The third-order valence-electron chi connectivity index (χ3n) is 2.65.